The molecule has 1 amide bonds. The topological polar surface area (TPSA) is 34.0 Å². The van der Waals surface area contributed by atoms with Gasteiger partial charge >= 0.3 is 0 Å². The molecule has 0 aliphatic carbocycles. The van der Waals surface area contributed by atoms with Crippen LogP contribution in [0.2, 0.25) is 0 Å². The fraction of sp³-hybridized carbons (Fsp3) is 0.214. The Morgan fingerprint density at radius 3 is 2.83 bits per heavy atom. The average molecular weight is 246 g/mol. The molecular formula is C14H15FN2O. The molecule has 2 rings (SSSR count). The molecule has 18 heavy (non-hydrogen) atoms. The fourth-order valence-corrected chi connectivity index (χ4v) is 1.76. The number of amides is 1. The van der Waals surface area contributed by atoms with Gasteiger partial charge in [0, 0.05) is 26.0 Å². The van der Waals surface area contributed by atoms with Crippen molar-refractivity contribution < 1.29 is 9.18 Å². The highest BCUT2D eigenvalue weighted by atomic mass is 19.1. The number of nitrogens with zero attached hydrogens (tertiary/aromatic N) is 1. The molecule has 0 bridgehead atoms. The van der Waals surface area contributed by atoms with Crippen molar-refractivity contribution in [2.45, 2.75) is 13.0 Å². The van der Waals surface area contributed by atoms with Crippen LogP contribution in [0.25, 0.3) is 0 Å². The van der Waals surface area contributed by atoms with E-state index < -0.39 is 0 Å². The van der Waals surface area contributed by atoms with Gasteiger partial charge in [-0.3, -0.25) is 4.79 Å². The maximum atomic E-state index is 12.9. The lowest BCUT2D eigenvalue weighted by atomic mass is 10.1. The summed E-state index contributed by atoms with van der Waals surface area (Å²) in [6.45, 7) is 0.495. The lowest BCUT2D eigenvalue weighted by Gasteiger charge is -2.04. The van der Waals surface area contributed by atoms with Gasteiger partial charge in [-0.05, 0) is 29.3 Å². The molecule has 1 aromatic carbocycles. The molecule has 0 atom stereocenters. The van der Waals surface area contributed by atoms with Crippen LogP contribution in [0.3, 0.4) is 0 Å². The zero-order chi connectivity index (χ0) is 13.0. The molecule has 1 aromatic heterocycles. The molecule has 0 unspecified atom stereocenters. The number of carbonyl (C=O) groups excluding carboxylic acids is 1. The van der Waals surface area contributed by atoms with Gasteiger partial charge in [0.25, 0.3) is 0 Å². The number of nitrogens with one attached hydrogen (secondary N) is 1. The average Bonchev–Trinajstić information content (AvgIpc) is 2.73. The summed E-state index contributed by atoms with van der Waals surface area (Å²) in [6, 6.07) is 8.04. The Morgan fingerprint density at radius 2 is 2.17 bits per heavy atom. The van der Waals surface area contributed by atoms with Crippen LogP contribution < -0.4 is 5.32 Å². The van der Waals surface area contributed by atoms with Gasteiger partial charge in [-0.2, -0.15) is 0 Å². The second-order valence-corrected chi connectivity index (χ2v) is 4.27. The van der Waals surface area contributed by atoms with Gasteiger partial charge in [0.2, 0.25) is 5.91 Å². The molecule has 0 radical (unpaired) electrons. The molecule has 0 saturated carbocycles. The summed E-state index contributed by atoms with van der Waals surface area (Å²) in [5.41, 5.74) is 1.73. The first kappa shape index (κ1) is 12.4. The highest BCUT2D eigenvalue weighted by molar-refractivity contribution is 5.78. The third kappa shape index (κ3) is 3.45. The van der Waals surface area contributed by atoms with Gasteiger partial charge in [0.1, 0.15) is 5.82 Å². The lowest BCUT2D eigenvalue weighted by molar-refractivity contribution is -0.120. The summed E-state index contributed by atoms with van der Waals surface area (Å²) in [6.07, 6.45) is 4.07. The van der Waals surface area contributed by atoms with Crippen LogP contribution in [0.4, 0.5) is 4.39 Å². The van der Waals surface area contributed by atoms with Gasteiger partial charge < -0.3 is 9.88 Å². The molecule has 94 valence electrons. The molecule has 0 saturated heterocycles. The predicted molar refractivity (Wildman–Crippen MR) is 67.4 cm³/mol. The highest BCUT2D eigenvalue weighted by Gasteiger charge is 2.04. The molecular weight excluding hydrogens is 231 g/mol. The molecule has 3 nitrogen and oxygen atoms in total. The second-order valence-electron chi connectivity index (χ2n) is 4.27. The first-order valence-corrected chi connectivity index (χ1v) is 5.75. The van der Waals surface area contributed by atoms with Crippen LogP contribution in [-0.2, 0) is 24.8 Å². The highest BCUT2D eigenvalue weighted by Crippen LogP contribution is 2.04. The standard InChI is InChI=1S/C14H15FN2O/c1-17-6-5-12(10-17)9-16-14(18)8-11-3-2-4-13(15)7-11/h2-7,10H,8-9H2,1H3,(H,16,18). The third-order valence-corrected chi connectivity index (χ3v) is 2.64. The minimum Gasteiger partial charge on any atom is -0.357 e. The van der Waals surface area contributed by atoms with E-state index in [0.29, 0.717) is 12.1 Å². The van der Waals surface area contributed by atoms with Crippen molar-refractivity contribution in [3.05, 3.63) is 59.7 Å². The monoisotopic (exact) mass is 246 g/mol. The van der Waals surface area contributed by atoms with Crippen molar-refractivity contribution in [1.29, 1.82) is 0 Å². The third-order valence-electron chi connectivity index (χ3n) is 2.64. The number of rotatable bonds is 4. The smallest absolute Gasteiger partial charge is 0.224 e. The van der Waals surface area contributed by atoms with Crippen molar-refractivity contribution in [3.63, 3.8) is 0 Å². The maximum Gasteiger partial charge on any atom is 0.224 e. The van der Waals surface area contributed by atoms with E-state index in [1.54, 1.807) is 12.1 Å². The Bertz CT molecular complexity index is 548. The van der Waals surface area contributed by atoms with Gasteiger partial charge in [-0.1, -0.05) is 12.1 Å². The van der Waals surface area contributed by atoms with E-state index in [0.717, 1.165) is 5.56 Å². The van der Waals surface area contributed by atoms with E-state index in [-0.39, 0.29) is 18.1 Å². The number of hydrogen-bond acceptors (Lipinski definition) is 1. The normalized spacial score (nSPS) is 10.3. The fourth-order valence-electron chi connectivity index (χ4n) is 1.76. The van der Waals surface area contributed by atoms with E-state index >= 15 is 0 Å². The predicted octanol–water partition coefficient (Wildman–Crippen LogP) is 2.02. The number of carbonyl (C=O) groups is 1. The van der Waals surface area contributed by atoms with Crippen LogP contribution in [-0.4, -0.2) is 10.5 Å². The Kier molecular flexibility index (Phi) is 3.77. The van der Waals surface area contributed by atoms with Crippen molar-refractivity contribution in [3.8, 4) is 0 Å². The minimum atomic E-state index is -0.316. The van der Waals surface area contributed by atoms with Crippen LogP contribution >= 0.6 is 0 Å². The van der Waals surface area contributed by atoms with Crippen molar-refractivity contribution in [2.75, 3.05) is 0 Å². The van der Waals surface area contributed by atoms with Gasteiger partial charge in [0.05, 0.1) is 6.42 Å². The molecule has 2 aromatic rings. The Morgan fingerprint density at radius 1 is 1.33 bits per heavy atom. The summed E-state index contributed by atoms with van der Waals surface area (Å²) >= 11 is 0. The molecule has 0 aliphatic heterocycles. The van der Waals surface area contributed by atoms with E-state index in [4.69, 9.17) is 0 Å². The summed E-state index contributed by atoms with van der Waals surface area (Å²) in [5, 5.41) is 2.81. The van der Waals surface area contributed by atoms with E-state index in [1.165, 1.54) is 12.1 Å². The van der Waals surface area contributed by atoms with Gasteiger partial charge in [0.15, 0.2) is 0 Å². The zero-order valence-corrected chi connectivity index (χ0v) is 10.2. The summed E-state index contributed by atoms with van der Waals surface area (Å²) in [5.74, 6) is -0.423. The maximum absolute atomic E-state index is 12.9. The summed E-state index contributed by atoms with van der Waals surface area (Å²) in [4.78, 5) is 11.7. The molecule has 1 N–H and O–H groups in total. The minimum absolute atomic E-state index is 0.107. The SMILES string of the molecule is Cn1ccc(CNC(=O)Cc2cccc(F)c2)c1. The molecule has 4 heteroatoms. The first-order chi connectivity index (χ1) is 8.63. The largest absolute Gasteiger partial charge is 0.357 e. The molecule has 0 aliphatic rings. The van der Waals surface area contributed by atoms with Crippen LogP contribution in [0.1, 0.15) is 11.1 Å². The van der Waals surface area contributed by atoms with E-state index in [1.807, 2.05) is 30.1 Å². The quantitative estimate of drug-likeness (QED) is 0.880. The lowest BCUT2D eigenvalue weighted by Crippen LogP contribution is -2.24. The zero-order valence-electron chi connectivity index (χ0n) is 10.2. The Balaban J connectivity index is 1.85. The molecule has 0 spiro atoms. The van der Waals surface area contributed by atoms with Gasteiger partial charge in [-0.15, -0.1) is 0 Å². The van der Waals surface area contributed by atoms with Crippen LogP contribution in [0.15, 0.2) is 42.7 Å². The number of aryl methyl sites for hydroxylation is 1. The van der Waals surface area contributed by atoms with E-state index in [9.17, 15) is 9.18 Å². The van der Waals surface area contributed by atoms with Gasteiger partial charge in [-0.25, -0.2) is 4.39 Å². The summed E-state index contributed by atoms with van der Waals surface area (Å²) in [7, 11) is 1.93. The number of aromatic nitrogens is 1. The molecule has 1 heterocycles. The summed E-state index contributed by atoms with van der Waals surface area (Å²) < 4.78 is 14.9. The van der Waals surface area contributed by atoms with Crippen molar-refractivity contribution in [2.24, 2.45) is 7.05 Å². The Hall–Kier alpha value is -2.10. The van der Waals surface area contributed by atoms with Crippen LogP contribution in [0, 0.1) is 5.82 Å². The molecule has 0 fully saturated rings. The second kappa shape index (κ2) is 5.49. The number of benzene rings is 1. The van der Waals surface area contributed by atoms with Crippen molar-refractivity contribution in [1.82, 2.24) is 9.88 Å². The van der Waals surface area contributed by atoms with Crippen LogP contribution in [0.5, 0.6) is 0 Å². The van der Waals surface area contributed by atoms with Crippen molar-refractivity contribution >= 4 is 5.91 Å². The number of hydrogen-bond donors (Lipinski definition) is 1. The Labute approximate surface area is 105 Å². The van der Waals surface area contributed by atoms with E-state index in [2.05, 4.69) is 5.32 Å². The first-order valence-electron chi connectivity index (χ1n) is 5.75. The number of halogens is 1.